The predicted molar refractivity (Wildman–Crippen MR) is 122 cm³/mol. The van der Waals surface area contributed by atoms with Gasteiger partial charge in [0.25, 0.3) is 0 Å². The van der Waals surface area contributed by atoms with Crippen LogP contribution in [0, 0.1) is 11.3 Å². The van der Waals surface area contributed by atoms with E-state index in [9.17, 15) is 19.5 Å². The Labute approximate surface area is 183 Å². The Balaban J connectivity index is 2.27. The number of urea groups is 1. The normalized spacial score (nSPS) is 12.0. The van der Waals surface area contributed by atoms with Crippen molar-refractivity contribution in [2.45, 2.75) is 27.2 Å². The molecule has 7 nitrogen and oxygen atoms in total. The third-order valence-electron chi connectivity index (χ3n) is 4.97. The summed E-state index contributed by atoms with van der Waals surface area (Å²) >= 11 is 0. The highest BCUT2D eigenvalue weighted by Gasteiger charge is 2.41. The largest absolute Gasteiger partial charge is 0.481 e. The van der Waals surface area contributed by atoms with Gasteiger partial charge in [-0.3, -0.25) is 14.5 Å². The van der Waals surface area contributed by atoms with Crippen molar-refractivity contribution in [2.75, 3.05) is 30.9 Å². The summed E-state index contributed by atoms with van der Waals surface area (Å²) in [5, 5.41) is 12.4. The SMILES string of the molecule is CN(C)c1ccc(NC(=O)N(CCc2ccccc2)C(=O)[C@H](C(=O)O)C(C)(C)C)cc1. The average Bonchev–Trinajstić information content (AvgIpc) is 2.68. The second-order valence-corrected chi connectivity index (χ2v) is 8.73. The van der Waals surface area contributed by atoms with E-state index >= 15 is 0 Å². The predicted octanol–water partition coefficient (Wildman–Crippen LogP) is 4.10. The number of benzene rings is 2. The van der Waals surface area contributed by atoms with Crippen molar-refractivity contribution in [3.63, 3.8) is 0 Å². The number of rotatable bonds is 7. The fourth-order valence-corrected chi connectivity index (χ4v) is 3.23. The van der Waals surface area contributed by atoms with Crippen molar-refractivity contribution in [3.8, 4) is 0 Å². The maximum atomic E-state index is 13.2. The van der Waals surface area contributed by atoms with Crippen molar-refractivity contribution in [1.29, 1.82) is 0 Å². The van der Waals surface area contributed by atoms with Gasteiger partial charge in [-0.15, -0.1) is 0 Å². The van der Waals surface area contributed by atoms with Crippen molar-refractivity contribution in [3.05, 3.63) is 60.2 Å². The summed E-state index contributed by atoms with van der Waals surface area (Å²) in [7, 11) is 3.83. The highest BCUT2D eigenvalue weighted by molar-refractivity contribution is 6.08. The van der Waals surface area contributed by atoms with Gasteiger partial charge in [0, 0.05) is 32.0 Å². The number of aliphatic carboxylic acids is 1. The second-order valence-electron chi connectivity index (χ2n) is 8.73. The molecule has 0 aliphatic rings. The third kappa shape index (κ3) is 6.57. The molecule has 7 heteroatoms. The lowest BCUT2D eigenvalue weighted by molar-refractivity contribution is -0.154. The van der Waals surface area contributed by atoms with E-state index < -0.39 is 29.2 Å². The maximum absolute atomic E-state index is 13.2. The van der Waals surface area contributed by atoms with Crippen LogP contribution in [0.15, 0.2) is 54.6 Å². The minimum Gasteiger partial charge on any atom is -0.481 e. The number of hydrogen-bond donors (Lipinski definition) is 2. The molecular weight excluding hydrogens is 394 g/mol. The van der Waals surface area contributed by atoms with E-state index in [0.717, 1.165) is 16.2 Å². The Kier molecular flexibility index (Phi) is 7.80. The zero-order valence-electron chi connectivity index (χ0n) is 18.8. The van der Waals surface area contributed by atoms with Crippen molar-refractivity contribution < 1.29 is 19.5 Å². The number of carbonyl (C=O) groups is 3. The Morgan fingerprint density at radius 3 is 2.03 bits per heavy atom. The number of imide groups is 1. The highest BCUT2D eigenvalue weighted by atomic mass is 16.4. The molecule has 0 aliphatic carbocycles. The molecule has 0 aliphatic heterocycles. The second kappa shape index (κ2) is 10.1. The molecule has 0 fully saturated rings. The minimum absolute atomic E-state index is 0.0737. The number of nitrogens with one attached hydrogen (secondary N) is 1. The van der Waals surface area contributed by atoms with E-state index in [-0.39, 0.29) is 6.54 Å². The van der Waals surface area contributed by atoms with Crippen LogP contribution >= 0.6 is 0 Å². The fourth-order valence-electron chi connectivity index (χ4n) is 3.23. The first-order chi connectivity index (χ1) is 14.5. The molecule has 31 heavy (non-hydrogen) atoms. The molecule has 2 aromatic carbocycles. The summed E-state index contributed by atoms with van der Waals surface area (Å²) in [5.41, 5.74) is 1.59. The van der Waals surface area contributed by atoms with E-state index in [0.29, 0.717) is 12.1 Å². The first-order valence-corrected chi connectivity index (χ1v) is 10.2. The maximum Gasteiger partial charge on any atom is 0.328 e. The molecule has 0 saturated carbocycles. The number of anilines is 2. The van der Waals surface area contributed by atoms with E-state index in [1.807, 2.05) is 61.5 Å². The van der Waals surface area contributed by atoms with E-state index in [4.69, 9.17) is 0 Å². The van der Waals surface area contributed by atoms with Crippen LogP contribution in [-0.4, -0.2) is 48.6 Å². The van der Waals surface area contributed by atoms with Crippen LogP contribution in [0.25, 0.3) is 0 Å². The lowest BCUT2D eigenvalue weighted by Gasteiger charge is -2.31. The quantitative estimate of drug-likeness (QED) is 0.652. The smallest absolute Gasteiger partial charge is 0.328 e. The van der Waals surface area contributed by atoms with Gasteiger partial charge in [0.15, 0.2) is 0 Å². The zero-order valence-corrected chi connectivity index (χ0v) is 18.8. The molecule has 0 saturated heterocycles. The number of amides is 3. The first kappa shape index (κ1) is 23.9. The Hall–Kier alpha value is -3.35. The van der Waals surface area contributed by atoms with Gasteiger partial charge in [0.1, 0.15) is 5.92 Å². The van der Waals surface area contributed by atoms with Gasteiger partial charge in [0.2, 0.25) is 5.91 Å². The standard InChI is InChI=1S/C24H31N3O4/c1-24(2,3)20(22(29)30)21(28)27(16-15-17-9-7-6-8-10-17)23(31)25-18-11-13-19(14-12-18)26(4)5/h6-14,20H,15-16H2,1-5H3,(H,25,31)(H,29,30)/t20-/m1/s1. The molecule has 0 heterocycles. The third-order valence-corrected chi connectivity index (χ3v) is 4.97. The van der Waals surface area contributed by atoms with Gasteiger partial charge in [-0.2, -0.15) is 0 Å². The topological polar surface area (TPSA) is 90.0 Å². The summed E-state index contributed by atoms with van der Waals surface area (Å²) in [6.45, 7) is 5.11. The molecule has 0 radical (unpaired) electrons. The van der Waals surface area contributed by atoms with E-state index in [1.165, 1.54) is 0 Å². The monoisotopic (exact) mass is 425 g/mol. The minimum atomic E-state index is -1.34. The van der Waals surface area contributed by atoms with Gasteiger partial charge in [0.05, 0.1) is 0 Å². The van der Waals surface area contributed by atoms with Gasteiger partial charge < -0.3 is 15.3 Å². The van der Waals surface area contributed by atoms with Crippen LogP contribution in [0.5, 0.6) is 0 Å². The molecule has 1 atom stereocenters. The molecule has 0 bridgehead atoms. The van der Waals surface area contributed by atoms with Crippen molar-refractivity contribution >= 4 is 29.3 Å². The molecule has 2 aromatic rings. The fraction of sp³-hybridized carbons (Fsp3) is 0.375. The molecule has 2 N–H and O–H groups in total. The van der Waals surface area contributed by atoms with Crippen LogP contribution in [0.1, 0.15) is 26.3 Å². The lowest BCUT2D eigenvalue weighted by Crippen LogP contribution is -2.49. The summed E-state index contributed by atoms with van der Waals surface area (Å²) in [6, 6.07) is 16.0. The van der Waals surface area contributed by atoms with Gasteiger partial charge in [-0.25, -0.2) is 4.79 Å². The lowest BCUT2D eigenvalue weighted by atomic mass is 9.80. The highest BCUT2D eigenvalue weighted by Crippen LogP contribution is 2.28. The Morgan fingerprint density at radius 2 is 1.55 bits per heavy atom. The first-order valence-electron chi connectivity index (χ1n) is 10.2. The Morgan fingerprint density at radius 1 is 0.968 bits per heavy atom. The van der Waals surface area contributed by atoms with Crippen LogP contribution in [0.4, 0.5) is 16.2 Å². The molecule has 2 rings (SSSR count). The molecule has 3 amide bonds. The summed E-state index contributed by atoms with van der Waals surface area (Å²) in [4.78, 5) is 41.1. The van der Waals surface area contributed by atoms with Gasteiger partial charge >= 0.3 is 12.0 Å². The average molecular weight is 426 g/mol. The molecule has 0 unspecified atom stereocenters. The number of hydrogen-bond acceptors (Lipinski definition) is 4. The molecule has 166 valence electrons. The van der Waals surface area contributed by atoms with E-state index in [2.05, 4.69) is 5.32 Å². The van der Waals surface area contributed by atoms with Crippen LogP contribution in [0.3, 0.4) is 0 Å². The number of carboxylic acids is 1. The zero-order chi connectivity index (χ0) is 23.2. The number of carboxylic acid groups (broad SMARTS) is 1. The molecule has 0 spiro atoms. The molecular formula is C24H31N3O4. The van der Waals surface area contributed by atoms with Crippen LogP contribution in [0.2, 0.25) is 0 Å². The van der Waals surface area contributed by atoms with Crippen molar-refractivity contribution in [1.82, 2.24) is 4.90 Å². The summed E-state index contributed by atoms with van der Waals surface area (Å²) < 4.78 is 0. The summed E-state index contributed by atoms with van der Waals surface area (Å²) in [6.07, 6.45) is 0.427. The van der Waals surface area contributed by atoms with Gasteiger partial charge in [-0.1, -0.05) is 51.1 Å². The van der Waals surface area contributed by atoms with Crippen LogP contribution < -0.4 is 10.2 Å². The van der Waals surface area contributed by atoms with Crippen LogP contribution in [-0.2, 0) is 16.0 Å². The van der Waals surface area contributed by atoms with E-state index in [1.54, 1.807) is 32.9 Å². The number of nitrogens with zero attached hydrogens (tertiary/aromatic N) is 2. The van der Waals surface area contributed by atoms with Crippen molar-refractivity contribution in [2.24, 2.45) is 11.3 Å². The number of carbonyl (C=O) groups excluding carboxylic acids is 2. The molecule has 0 aromatic heterocycles. The Bertz CT molecular complexity index is 903. The van der Waals surface area contributed by atoms with Gasteiger partial charge in [-0.05, 0) is 41.7 Å². The summed E-state index contributed by atoms with van der Waals surface area (Å²) in [5.74, 6) is -3.31.